The van der Waals surface area contributed by atoms with E-state index in [1.54, 1.807) is 5.56 Å². The second-order valence-electron chi connectivity index (χ2n) is 4.53. The quantitative estimate of drug-likeness (QED) is 0.554. The summed E-state index contributed by atoms with van der Waals surface area (Å²) in [4.78, 5) is 0. The lowest BCUT2D eigenvalue weighted by atomic mass is 9.82. The van der Waals surface area contributed by atoms with Crippen molar-refractivity contribution in [2.75, 3.05) is 21.1 Å². The van der Waals surface area contributed by atoms with Gasteiger partial charge in [0.25, 0.3) is 0 Å². The second kappa shape index (κ2) is 3.43. The van der Waals surface area contributed by atoms with Crippen LogP contribution in [0.3, 0.4) is 0 Å². The van der Waals surface area contributed by atoms with E-state index >= 15 is 0 Å². The maximum absolute atomic E-state index is 2.26. The molecule has 1 aliphatic rings. The molecule has 0 amide bonds. The predicted octanol–water partition coefficient (Wildman–Crippen LogP) is -1.01. The zero-order chi connectivity index (χ0) is 8.77. The fourth-order valence-electron chi connectivity index (χ4n) is 1.92. The lowest BCUT2D eigenvalue weighted by Crippen LogP contribution is -3.00. The smallest absolute Gasteiger partial charge is 0.118 e. The minimum atomic E-state index is 0. The molecule has 0 N–H and O–H groups in total. The number of nitrogens with zero attached hydrogens (tertiary/aromatic N) is 1. The lowest BCUT2D eigenvalue weighted by molar-refractivity contribution is -0.904. The predicted molar refractivity (Wildman–Crippen MR) is 50.9 cm³/mol. The van der Waals surface area contributed by atoms with Crippen molar-refractivity contribution in [2.45, 2.75) is 12.5 Å². The van der Waals surface area contributed by atoms with Crippen LogP contribution in [-0.4, -0.2) is 25.6 Å². The Hall–Kier alpha value is -0.340. The molecule has 0 aromatic heterocycles. The number of hydrogen-bond acceptors (Lipinski definition) is 0. The molecular weight excluding hydrogens is 226 g/mol. The highest BCUT2D eigenvalue weighted by molar-refractivity contribution is 5.37. The van der Waals surface area contributed by atoms with Crippen LogP contribution in [0.4, 0.5) is 0 Å². The first-order chi connectivity index (χ1) is 5.59. The normalized spacial score (nSPS) is 19.8. The summed E-state index contributed by atoms with van der Waals surface area (Å²) >= 11 is 0. The van der Waals surface area contributed by atoms with Crippen molar-refractivity contribution < 1.29 is 21.5 Å². The first kappa shape index (κ1) is 10.7. The summed E-state index contributed by atoms with van der Waals surface area (Å²) in [5.74, 6) is 0. The van der Waals surface area contributed by atoms with Gasteiger partial charge in [0.2, 0.25) is 0 Å². The van der Waals surface area contributed by atoms with Crippen molar-refractivity contribution in [1.29, 1.82) is 0 Å². The molecular formula is C11H16BrN. The molecule has 72 valence electrons. The van der Waals surface area contributed by atoms with Gasteiger partial charge in [0.05, 0.1) is 21.1 Å². The summed E-state index contributed by atoms with van der Waals surface area (Å²) in [6, 6.07) is 9.49. The number of fused-ring (bicyclic) bond motifs is 1. The standard InChI is InChI=1S/C11H16N.BrH/c1-12(2,3)11-8-9-6-4-5-7-10(9)11;/h4-7,11H,8H2,1-3H3;1H/q+1;/p-1. The first-order valence-corrected chi connectivity index (χ1v) is 4.48. The van der Waals surface area contributed by atoms with E-state index in [-0.39, 0.29) is 17.0 Å². The number of benzene rings is 1. The van der Waals surface area contributed by atoms with Crippen LogP contribution in [-0.2, 0) is 6.42 Å². The Balaban J connectivity index is 0.000000845. The molecule has 0 aliphatic heterocycles. The first-order valence-electron chi connectivity index (χ1n) is 4.48. The molecule has 13 heavy (non-hydrogen) atoms. The minimum absolute atomic E-state index is 0. The maximum Gasteiger partial charge on any atom is 0.118 e. The van der Waals surface area contributed by atoms with Gasteiger partial charge in [0, 0.05) is 12.0 Å². The van der Waals surface area contributed by atoms with E-state index in [1.807, 2.05) is 0 Å². The van der Waals surface area contributed by atoms with Crippen LogP contribution in [0.15, 0.2) is 24.3 Å². The molecule has 0 spiro atoms. The number of likely N-dealkylation sites (N-methyl/N-ethyl adjacent to an activating group) is 1. The fourth-order valence-corrected chi connectivity index (χ4v) is 1.92. The molecule has 1 aromatic carbocycles. The molecule has 1 atom stereocenters. The highest BCUT2D eigenvalue weighted by Gasteiger charge is 2.35. The van der Waals surface area contributed by atoms with Crippen molar-refractivity contribution in [1.82, 2.24) is 0 Å². The van der Waals surface area contributed by atoms with Crippen molar-refractivity contribution in [3.05, 3.63) is 35.4 Å². The fraction of sp³-hybridized carbons (Fsp3) is 0.455. The van der Waals surface area contributed by atoms with Gasteiger partial charge in [-0.3, -0.25) is 0 Å². The van der Waals surface area contributed by atoms with Gasteiger partial charge < -0.3 is 21.5 Å². The molecule has 2 heteroatoms. The summed E-state index contributed by atoms with van der Waals surface area (Å²) in [6.45, 7) is 0. The number of hydrogen-bond donors (Lipinski definition) is 0. The Morgan fingerprint density at radius 2 is 1.77 bits per heavy atom. The molecule has 1 nitrogen and oxygen atoms in total. The van der Waals surface area contributed by atoms with E-state index in [1.165, 1.54) is 12.0 Å². The molecule has 0 radical (unpaired) electrons. The third kappa shape index (κ3) is 1.79. The SMILES string of the molecule is C[N+](C)(C)C1Cc2ccccc21.[Br-]. The average molecular weight is 242 g/mol. The van der Waals surface area contributed by atoms with Crippen LogP contribution in [0.1, 0.15) is 17.2 Å². The van der Waals surface area contributed by atoms with Crippen molar-refractivity contribution in [3.8, 4) is 0 Å². The van der Waals surface area contributed by atoms with Crippen molar-refractivity contribution in [2.24, 2.45) is 0 Å². The highest BCUT2D eigenvalue weighted by atomic mass is 79.9. The molecule has 0 heterocycles. The van der Waals surface area contributed by atoms with Crippen molar-refractivity contribution in [3.63, 3.8) is 0 Å². The Labute approximate surface area is 90.7 Å². The van der Waals surface area contributed by atoms with E-state index in [0.717, 1.165) is 10.5 Å². The molecule has 1 unspecified atom stereocenters. The average Bonchev–Trinajstić information content (AvgIpc) is 1.88. The Bertz CT molecular complexity index is 301. The largest absolute Gasteiger partial charge is 1.00 e. The summed E-state index contributed by atoms with van der Waals surface area (Å²) in [6.07, 6.45) is 1.25. The van der Waals surface area contributed by atoms with Crippen LogP contribution in [0.5, 0.6) is 0 Å². The third-order valence-corrected chi connectivity index (χ3v) is 2.76. The Morgan fingerprint density at radius 1 is 1.15 bits per heavy atom. The molecule has 0 saturated heterocycles. The molecule has 0 bridgehead atoms. The van der Waals surface area contributed by atoms with Gasteiger partial charge in [0.1, 0.15) is 6.04 Å². The van der Waals surface area contributed by atoms with E-state index < -0.39 is 0 Å². The summed E-state index contributed by atoms with van der Waals surface area (Å²) in [5.41, 5.74) is 3.08. The minimum Gasteiger partial charge on any atom is -1.00 e. The van der Waals surface area contributed by atoms with Crippen LogP contribution >= 0.6 is 0 Å². The van der Waals surface area contributed by atoms with Crippen LogP contribution in [0.2, 0.25) is 0 Å². The van der Waals surface area contributed by atoms with Crippen molar-refractivity contribution >= 4 is 0 Å². The zero-order valence-corrected chi connectivity index (χ0v) is 10.0. The summed E-state index contributed by atoms with van der Waals surface area (Å²) < 4.78 is 1.05. The second-order valence-corrected chi connectivity index (χ2v) is 4.53. The zero-order valence-electron chi connectivity index (χ0n) is 8.42. The summed E-state index contributed by atoms with van der Waals surface area (Å²) in [7, 11) is 6.79. The topological polar surface area (TPSA) is 0 Å². The monoisotopic (exact) mass is 241 g/mol. The molecule has 0 fully saturated rings. The van der Waals surface area contributed by atoms with Gasteiger partial charge in [-0.25, -0.2) is 0 Å². The van der Waals surface area contributed by atoms with Gasteiger partial charge in [0.15, 0.2) is 0 Å². The van der Waals surface area contributed by atoms with Crippen LogP contribution in [0.25, 0.3) is 0 Å². The van der Waals surface area contributed by atoms with Gasteiger partial charge in [-0.1, -0.05) is 24.3 Å². The Morgan fingerprint density at radius 3 is 2.31 bits per heavy atom. The number of rotatable bonds is 1. The van der Waals surface area contributed by atoms with Gasteiger partial charge in [-0.05, 0) is 5.56 Å². The van der Waals surface area contributed by atoms with Gasteiger partial charge >= 0.3 is 0 Å². The number of quaternary nitrogens is 1. The number of halogens is 1. The molecule has 1 aromatic rings. The highest BCUT2D eigenvalue weighted by Crippen LogP contribution is 2.38. The van der Waals surface area contributed by atoms with Gasteiger partial charge in [-0.15, -0.1) is 0 Å². The summed E-state index contributed by atoms with van der Waals surface area (Å²) in [5, 5.41) is 0. The van der Waals surface area contributed by atoms with E-state index in [2.05, 4.69) is 45.4 Å². The Kier molecular flexibility index (Phi) is 2.83. The van der Waals surface area contributed by atoms with E-state index in [0.29, 0.717) is 0 Å². The maximum atomic E-state index is 2.26. The van der Waals surface area contributed by atoms with Gasteiger partial charge in [-0.2, -0.15) is 0 Å². The lowest BCUT2D eigenvalue weighted by Gasteiger charge is -2.41. The van der Waals surface area contributed by atoms with Crippen LogP contribution in [0, 0.1) is 0 Å². The third-order valence-electron chi connectivity index (χ3n) is 2.76. The molecule has 1 aliphatic carbocycles. The van der Waals surface area contributed by atoms with E-state index in [9.17, 15) is 0 Å². The van der Waals surface area contributed by atoms with E-state index in [4.69, 9.17) is 0 Å². The molecule has 0 saturated carbocycles. The molecule has 2 rings (SSSR count). The van der Waals surface area contributed by atoms with Crippen LogP contribution < -0.4 is 17.0 Å².